The number of nitrogens with one attached hydrogen (secondary N) is 1. The SMILES string of the molecule is O=C1OCCN1c1cccc(NS(=O)(=O)CCCCCl)c1. The first-order chi connectivity index (χ1) is 10.0. The van der Waals surface area contributed by atoms with Gasteiger partial charge >= 0.3 is 6.09 Å². The number of cyclic esters (lactones) is 1. The molecule has 1 saturated heterocycles. The lowest BCUT2D eigenvalue weighted by atomic mass is 10.2. The van der Waals surface area contributed by atoms with E-state index >= 15 is 0 Å². The number of sulfonamides is 1. The van der Waals surface area contributed by atoms with Crippen molar-refractivity contribution in [2.45, 2.75) is 12.8 Å². The summed E-state index contributed by atoms with van der Waals surface area (Å²) in [5, 5.41) is 0. The zero-order valence-corrected chi connectivity index (χ0v) is 13.0. The van der Waals surface area contributed by atoms with E-state index in [-0.39, 0.29) is 5.75 Å². The van der Waals surface area contributed by atoms with Gasteiger partial charge in [0, 0.05) is 11.6 Å². The van der Waals surface area contributed by atoms with Crippen LogP contribution in [0.1, 0.15) is 12.8 Å². The van der Waals surface area contributed by atoms with Gasteiger partial charge in [0.15, 0.2) is 0 Å². The van der Waals surface area contributed by atoms with E-state index in [2.05, 4.69) is 4.72 Å². The Morgan fingerprint density at radius 1 is 1.33 bits per heavy atom. The number of amides is 1. The second kappa shape index (κ2) is 7.00. The summed E-state index contributed by atoms with van der Waals surface area (Å²) in [6.45, 7) is 0.804. The highest BCUT2D eigenvalue weighted by Crippen LogP contribution is 2.23. The Balaban J connectivity index is 2.05. The van der Waals surface area contributed by atoms with Crippen molar-refractivity contribution in [1.82, 2.24) is 0 Å². The molecule has 1 N–H and O–H groups in total. The van der Waals surface area contributed by atoms with Crippen molar-refractivity contribution < 1.29 is 17.9 Å². The van der Waals surface area contributed by atoms with Crippen LogP contribution in [0.15, 0.2) is 24.3 Å². The number of carbonyl (C=O) groups excluding carboxylic acids is 1. The summed E-state index contributed by atoms with van der Waals surface area (Å²) in [7, 11) is -3.40. The summed E-state index contributed by atoms with van der Waals surface area (Å²) in [5.74, 6) is 0.470. The number of nitrogens with zero attached hydrogens (tertiary/aromatic N) is 1. The summed E-state index contributed by atoms with van der Waals surface area (Å²) in [5.41, 5.74) is 1.04. The number of carbonyl (C=O) groups is 1. The first-order valence-electron chi connectivity index (χ1n) is 6.63. The number of hydrogen-bond donors (Lipinski definition) is 1. The maximum atomic E-state index is 11.9. The van der Waals surface area contributed by atoms with Gasteiger partial charge in [0.2, 0.25) is 10.0 Å². The van der Waals surface area contributed by atoms with Crippen molar-refractivity contribution >= 4 is 39.1 Å². The standard InChI is InChI=1S/C13H17ClN2O4S/c14-6-1-2-9-21(18,19)15-11-4-3-5-12(10-11)16-7-8-20-13(16)17/h3-5,10,15H,1-2,6-9H2. The number of ether oxygens (including phenoxy) is 1. The van der Waals surface area contributed by atoms with Crippen molar-refractivity contribution in [2.24, 2.45) is 0 Å². The Hall–Kier alpha value is -1.47. The van der Waals surface area contributed by atoms with Gasteiger partial charge < -0.3 is 4.74 Å². The number of rotatable bonds is 7. The molecule has 0 saturated carbocycles. The molecule has 1 aromatic carbocycles. The van der Waals surface area contributed by atoms with Crippen LogP contribution in [0.25, 0.3) is 0 Å². The maximum Gasteiger partial charge on any atom is 0.414 e. The average molecular weight is 333 g/mol. The van der Waals surface area contributed by atoms with Crippen LogP contribution >= 0.6 is 11.6 Å². The quantitative estimate of drug-likeness (QED) is 0.614. The van der Waals surface area contributed by atoms with Gasteiger partial charge in [-0.15, -0.1) is 11.6 Å². The summed E-state index contributed by atoms with van der Waals surface area (Å²) in [6.07, 6.45) is 0.746. The third kappa shape index (κ3) is 4.50. The fourth-order valence-electron chi connectivity index (χ4n) is 1.98. The summed E-state index contributed by atoms with van der Waals surface area (Å²) >= 11 is 5.53. The van der Waals surface area contributed by atoms with Crippen molar-refractivity contribution in [3.05, 3.63) is 24.3 Å². The van der Waals surface area contributed by atoms with Crippen LogP contribution in [-0.2, 0) is 14.8 Å². The first-order valence-corrected chi connectivity index (χ1v) is 8.81. The second-order valence-electron chi connectivity index (χ2n) is 4.63. The molecule has 1 aliphatic rings. The van der Waals surface area contributed by atoms with Crippen molar-refractivity contribution in [2.75, 3.05) is 34.4 Å². The van der Waals surface area contributed by atoms with E-state index in [1.807, 2.05) is 0 Å². The number of alkyl halides is 1. The molecule has 0 aromatic heterocycles. The van der Waals surface area contributed by atoms with Crippen LogP contribution in [0.5, 0.6) is 0 Å². The van der Waals surface area contributed by atoms with Crippen LogP contribution < -0.4 is 9.62 Å². The molecule has 21 heavy (non-hydrogen) atoms. The normalized spacial score (nSPS) is 15.1. The monoisotopic (exact) mass is 332 g/mol. The number of benzene rings is 1. The Bertz CT molecular complexity index is 606. The third-order valence-corrected chi connectivity index (χ3v) is 4.63. The van der Waals surface area contributed by atoms with Crippen molar-refractivity contribution in [1.29, 1.82) is 0 Å². The molecule has 0 atom stereocenters. The zero-order valence-electron chi connectivity index (χ0n) is 11.4. The van der Waals surface area contributed by atoms with Gasteiger partial charge in [0.05, 0.1) is 18.0 Å². The highest BCUT2D eigenvalue weighted by atomic mass is 35.5. The Kier molecular flexibility index (Phi) is 5.30. The molecule has 6 nitrogen and oxygen atoms in total. The summed E-state index contributed by atoms with van der Waals surface area (Å²) in [4.78, 5) is 13.0. The van der Waals surface area contributed by atoms with Gasteiger partial charge in [-0.05, 0) is 31.0 Å². The first kappa shape index (κ1) is 15.9. The predicted octanol–water partition coefficient (Wildman–Crippen LogP) is 2.40. The molecule has 1 heterocycles. The number of anilines is 2. The Morgan fingerprint density at radius 3 is 2.81 bits per heavy atom. The van der Waals surface area contributed by atoms with E-state index in [0.29, 0.717) is 43.2 Å². The maximum absolute atomic E-state index is 11.9. The minimum atomic E-state index is -3.40. The molecular weight excluding hydrogens is 316 g/mol. The molecule has 0 aliphatic carbocycles. The van der Waals surface area contributed by atoms with Gasteiger partial charge in [0.1, 0.15) is 6.61 Å². The lowest BCUT2D eigenvalue weighted by molar-refractivity contribution is 0.181. The third-order valence-electron chi connectivity index (χ3n) is 2.99. The van der Waals surface area contributed by atoms with Crippen molar-refractivity contribution in [3.8, 4) is 0 Å². The highest BCUT2D eigenvalue weighted by Gasteiger charge is 2.23. The van der Waals surface area contributed by atoms with Crippen LogP contribution in [0, 0.1) is 0 Å². The Labute approximate surface area is 129 Å². The minimum absolute atomic E-state index is 0.0235. The summed E-state index contributed by atoms with van der Waals surface area (Å²) in [6, 6.07) is 6.69. The molecule has 1 fully saturated rings. The topological polar surface area (TPSA) is 75.7 Å². The van der Waals surface area contributed by atoms with Gasteiger partial charge in [-0.25, -0.2) is 13.2 Å². The van der Waals surface area contributed by atoms with E-state index in [1.54, 1.807) is 24.3 Å². The molecule has 116 valence electrons. The second-order valence-corrected chi connectivity index (χ2v) is 6.85. The van der Waals surface area contributed by atoms with Crippen LogP contribution in [0.2, 0.25) is 0 Å². The van der Waals surface area contributed by atoms with Gasteiger partial charge in [-0.3, -0.25) is 9.62 Å². The highest BCUT2D eigenvalue weighted by molar-refractivity contribution is 7.92. The average Bonchev–Trinajstić information content (AvgIpc) is 2.85. The van der Waals surface area contributed by atoms with E-state index in [0.717, 1.165) is 0 Å². The molecule has 1 aliphatic heterocycles. The molecular formula is C13H17ClN2O4S. The Morgan fingerprint density at radius 2 is 2.14 bits per heavy atom. The van der Waals surface area contributed by atoms with Gasteiger partial charge in [-0.2, -0.15) is 0 Å². The fraction of sp³-hybridized carbons (Fsp3) is 0.462. The largest absolute Gasteiger partial charge is 0.447 e. The summed E-state index contributed by atoms with van der Waals surface area (Å²) < 4.78 is 31.2. The zero-order chi connectivity index (χ0) is 15.3. The molecule has 0 unspecified atom stereocenters. The molecule has 2 rings (SSSR count). The number of unbranched alkanes of at least 4 members (excludes halogenated alkanes) is 1. The van der Waals surface area contributed by atoms with Crippen LogP contribution in [0.4, 0.5) is 16.2 Å². The van der Waals surface area contributed by atoms with Crippen LogP contribution in [-0.4, -0.2) is 39.3 Å². The smallest absolute Gasteiger partial charge is 0.414 e. The minimum Gasteiger partial charge on any atom is -0.447 e. The van der Waals surface area contributed by atoms with E-state index in [4.69, 9.17) is 16.3 Å². The van der Waals surface area contributed by atoms with Crippen LogP contribution in [0.3, 0.4) is 0 Å². The lowest BCUT2D eigenvalue weighted by Crippen LogP contribution is -2.23. The van der Waals surface area contributed by atoms with E-state index < -0.39 is 16.1 Å². The van der Waals surface area contributed by atoms with Gasteiger partial charge in [0.25, 0.3) is 0 Å². The number of halogens is 1. The van der Waals surface area contributed by atoms with Crippen molar-refractivity contribution in [3.63, 3.8) is 0 Å². The lowest BCUT2D eigenvalue weighted by Gasteiger charge is -2.14. The fourth-order valence-corrected chi connectivity index (χ4v) is 3.34. The molecule has 1 aromatic rings. The molecule has 0 spiro atoms. The van der Waals surface area contributed by atoms with E-state index in [1.165, 1.54) is 4.90 Å². The molecule has 0 radical (unpaired) electrons. The molecule has 1 amide bonds. The van der Waals surface area contributed by atoms with E-state index in [9.17, 15) is 13.2 Å². The van der Waals surface area contributed by atoms with Gasteiger partial charge in [-0.1, -0.05) is 6.07 Å². The molecule has 8 heteroatoms. The number of hydrogen-bond acceptors (Lipinski definition) is 4. The molecule has 0 bridgehead atoms. The predicted molar refractivity (Wildman–Crippen MR) is 82.5 cm³/mol.